The lowest BCUT2D eigenvalue weighted by atomic mass is 10.1. The Morgan fingerprint density at radius 3 is 2.70 bits per heavy atom. The minimum Gasteiger partial charge on any atom is -0.349 e. The third kappa shape index (κ3) is 5.38. The first kappa shape index (κ1) is 22.5. The molecule has 10 heteroatoms. The zero-order valence-corrected chi connectivity index (χ0v) is 18.9. The van der Waals surface area contributed by atoms with Gasteiger partial charge in [0.1, 0.15) is 5.69 Å². The molecule has 33 heavy (non-hydrogen) atoms. The van der Waals surface area contributed by atoms with Crippen molar-refractivity contribution in [3.8, 4) is 11.4 Å². The van der Waals surface area contributed by atoms with Gasteiger partial charge in [-0.1, -0.05) is 49.9 Å². The number of tetrazole rings is 1. The van der Waals surface area contributed by atoms with E-state index in [0.29, 0.717) is 45.4 Å². The number of aromatic amines is 2. The van der Waals surface area contributed by atoms with Gasteiger partial charge in [0.25, 0.3) is 5.91 Å². The topological polar surface area (TPSA) is 128 Å². The van der Waals surface area contributed by atoms with Crippen molar-refractivity contribution in [3.63, 3.8) is 0 Å². The number of benzene rings is 2. The minimum atomic E-state index is -0.352. The summed E-state index contributed by atoms with van der Waals surface area (Å²) in [7, 11) is 0. The molecule has 2 aromatic carbocycles. The number of rotatable bonds is 9. The second kappa shape index (κ2) is 10.3. The van der Waals surface area contributed by atoms with Crippen LogP contribution < -0.4 is 10.6 Å². The molecule has 0 radical (unpaired) electrons. The fourth-order valence-electron chi connectivity index (χ4n) is 3.58. The van der Waals surface area contributed by atoms with E-state index in [9.17, 15) is 9.59 Å². The highest BCUT2D eigenvalue weighted by molar-refractivity contribution is 6.31. The monoisotopic (exact) mass is 465 g/mol. The van der Waals surface area contributed by atoms with Crippen molar-refractivity contribution in [1.29, 1.82) is 0 Å². The molecule has 4 N–H and O–H groups in total. The maximum atomic E-state index is 13.0. The van der Waals surface area contributed by atoms with Crippen LogP contribution in [0.1, 0.15) is 49.5 Å². The van der Waals surface area contributed by atoms with Crippen LogP contribution in [0, 0.1) is 0 Å². The van der Waals surface area contributed by atoms with Crippen molar-refractivity contribution in [2.75, 3.05) is 10.6 Å². The van der Waals surface area contributed by atoms with E-state index in [1.807, 2.05) is 18.2 Å². The molecule has 2 heterocycles. The maximum Gasteiger partial charge on any atom is 0.272 e. The number of carbonyl (C=O) groups is 2. The van der Waals surface area contributed by atoms with Crippen LogP contribution in [0.25, 0.3) is 22.3 Å². The van der Waals surface area contributed by atoms with Crippen LogP contribution in [0.4, 0.5) is 11.4 Å². The summed E-state index contributed by atoms with van der Waals surface area (Å²) in [6, 6.07) is 12.3. The number of anilines is 2. The average molecular weight is 466 g/mol. The van der Waals surface area contributed by atoms with Gasteiger partial charge in [-0.25, -0.2) is 0 Å². The standard InChI is InChI=1S/C23H24ClN7O2/c1-2-3-4-5-9-20(32)25-18-8-6-7-14-12-19(26-21(14)18)23(33)27-17-11-10-15(24)13-16(17)22-28-30-31-29-22/h6-8,10-13,26H,2-5,9H2,1H3,(H,25,32)(H,27,33)(H,28,29,30,31). The molecule has 0 spiro atoms. The molecule has 0 unspecified atom stereocenters. The first-order valence-corrected chi connectivity index (χ1v) is 11.2. The van der Waals surface area contributed by atoms with Gasteiger partial charge in [0, 0.05) is 22.4 Å². The van der Waals surface area contributed by atoms with E-state index in [0.717, 1.165) is 31.1 Å². The minimum absolute atomic E-state index is 0.0369. The zero-order chi connectivity index (χ0) is 23.2. The number of nitrogens with zero attached hydrogens (tertiary/aromatic N) is 3. The molecule has 9 nitrogen and oxygen atoms in total. The fraction of sp³-hybridized carbons (Fsp3) is 0.261. The lowest BCUT2D eigenvalue weighted by Gasteiger charge is -2.09. The van der Waals surface area contributed by atoms with Crippen molar-refractivity contribution < 1.29 is 9.59 Å². The average Bonchev–Trinajstić information content (AvgIpc) is 3.48. The van der Waals surface area contributed by atoms with E-state index >= 15 is 0 Å². The number of hydrogen-bond acceptors (Lipinski definition) is 5. The molecule has 0 aliphatic rings. The first-order valence-electron chi connectivity index (χ1n) is 10.8. The van der Waals surface area contributed by atoms with Crippen molar-refractivity contribution in [3.05, 3.63) is 53.2 Å². The van der Waals surface area contributed by atoms with E-state index in [4.69, 9.17) is 11.6 Å². The molecule has 4 aromatic rings. The highest BCUT2D eigenvalue weighted by atomic mass is 35.5. The van der Waals surface area contributed by atoms with Crippen LogP contribution in [0.15, 0.2) is 42.5 Å². The summed E-state index contributed by atoms with van der Waals surface area (Å²) >= 11 is 6.11. The van der Waals surface area contributed by atoms with Crippen molar-refractivity contribution >= 4 is 45.7 Å². The Balaban J connectivity index is 1.52. The van der Waals surface area contributed by atoms with E-state index in [1.165, 1.54) is 0 Å². The number of aromatic nitrogens is 5. The van der Waals surface area contributed by atoms with Gasteiger partial charge in [0.2, 0.25) is 11.7 Å². The summed E-state index contributed by atoms with van der Waals surface area (Å²) in [6.45, 7) is 2.14. The lowest BCUT2D eigenvalue weighted by Crippen LogP contribution is -2.13. The van der Waals surface area contributed by atoms with Crippen molar-refractivity contribution in [2.24, 2.45) is 0 Å². The molecule has 0 atom stereocenters. The van der Waals surface area contributed by atoms with Gasteiger partial charge in [-0.15, -0.1) is 10.2 Å². The van der Waals surface area contributed by atoms with E-state index in [-0.39, 0.29) is 11.8 Å². The van der Waals surface area contributed by atoms with Crippen molar-refractivity contribution in [2.45, 2.75) is 39.0 Å². The van der Waals surface area contributed by atoms with Gasteiger partial charge in [0.05, 0.1) is 16.9 Å². The summed E-state index contributed by atoms with van der Waals surface area (Å²) in [5, 5.41) is 21.0. The van der Waals surface area contributed by atoms with Crippen LogP contribution in [0.5, 0.6) is 0 Å². The lowest BCUT2D eigenvalue weighted by molar-refractivity contribution is -0.116. The molecular weight excluding hydrogens is 442 g/mol. The molecule has 2 amide bonds. The molecular formula is C23H24ClN7O2. The number of fused-ring (bicyclic) bond motifs is 1. The Kier molecular flexibility index (Phi) is 6.99. The quantitative estimate of drug-likeness (QED) is 0.254. The van der Waals surface area contributed by atoms with E-state index in [2.05, 4.69) is 43.2 Å². The van der Waals surface area contributed by atoms with Crippen LogP contribution in [0.3, 0.4) is 0 Å². The number of carbonyl (C=O) groups excluding carboxylic acids is 2. The van der Waals surface area contributed by atoms with Gasteiger partial charge in [-0.05, 0) is 42.0 Å². The largest absolute Gasteiger partial charge is 0.349 e. The van der Waals surface area contributed by atoms with Crippen LogP contribution in [-0.2, 0) is 4.79 Å². The number of hydrogen-bond donors (Lipinski definition) is 4. The number of halogens is 1. The first-order chi connectivity index (χ1) is 16.0. The second-order valence-corrected chi connectivity index (χ2v) is 8.13. The molecule has 0 saturated carbocycles. The zero-order valence-electron chi connectivity index (χ0n) is 18.1. The number of para-hydroxylation sites is 1. The Hall–Kier alpha value is -3.72. The van der Waals surface area contributed by atoms with Crippen LogP contribution in [-0.4, -0.2) is 37.4 Å². The van der Waals surface area contributed by atoms with Gasteiger partial charge >= 0.3 is 0 Å². The summed E-state index contributed by atoms with van der Waals surface area (Å²) in [6.07, 6.45) is 4.62. The van der Waals surface area contributed by atoms with E-state index in [1.54, 1.807) is 24.3 Å². The summed E-state index contributed by atoms with van der Waals surface area (Å²) in [5.74, 6) is -0.0754. The predicted molar refractivity (Wildman–Crippen MR) is 128 cm³/mol. The number of nitrogens with one attached hydrogen (secondary N) is 4. The smallest absolute Gasteiger partial charge is 0.272 e. The molecule has 0 aliphatic heterocycles. The highest BCUT2D eigenvalue weighted by Crippen LogP contribution is 2.29. The Bertz CT molecular complexity index is 1270. The van der Waals surface area contributed by atoms with Gasteiger partial charge in [-0.3, -0.25) is 9.59 Å². The predicted octanol–water partition coefficient (Wildman–Crippen LogP) is 5.16. The third-order valence-corrected chi connectivity index (χ3v) is 5.48. The molecule has 0 bridgehead atoms. The highest BCUT2D eigenvalue weighted by Gasteiger charge is 2.17. The third-order valence-electron chi connectivity index (χ3n) is 5.25. The second-order valence-electron chi connectivity index (χ2n) is 7.69. The number of amides is 2. The summed E-state index contributed by atoms with van der Waals surface area (Å²) < 4.78 is 0. The van der Waals surface area contributed by atoms with Gasteiger partial charge in [0.15, 0.2) is 0 Å². The summed E-state index contributed by atoms with van der Waals surface area (Å²) in [4.78, 5) is 28.5. The van der Waals surface area contributed by atoms with Gasteiger partial charge < -0.3 is 15.6 Å². The molecule has 0 aliphatic carbocycles. The fourth-order valence-corrected chi connectivity index (χ4v) is 3.76. The molecule has 170 valence electrons. The molecule has 0 fully saturated rings. The van der Waals surface area contributed by atoms with E-state index < -0.39 is 0 Å². The van der Waals surface area contributed by atoms with Crippen LogP contribution in [0.2, 0.25) is 5.02 Å². The normalized spacial score (nSPS) is 11.0. The Morgan fingerprint density at radius 1 is 1.03 bits per heavy atom. The maximum absolute atomic E-state index is 13.0. The SMILES string of the molecule is CCCCCCC(=O)Nc1cccc2cc(C(=O)Nc3ccc(Cl)cc3-c3nn[nH]n3)[nH]c12. The Labute approximate surface area is 195 Å². The molecule has 0 saturated heterocycles. The summed E-state index contributed by atoms with van der Waals surface area (Å²) in [5.41, 5.74) is 2.72. The Morgan fingerprint density at radius 2 is 1.91 bits per heavy atom. The molecule has 4 rings (SSSR count). The van der Waals surface area contributed by atoms with Crippen molar-refractivity contribution in [1.82, 2.24) is 25.6 Å². The number of H-pyrrole nitrogens is 2. The molecule has 2 aromatic heterocycles. The van der Waals surface area contributed by atoms with Gasteiger partial charge in [-0.2, -0.15) is 5.21 Å². The number of unbranched alkanes of at least 4 members (excludes halogenated alkanes) is 3. The van der Waals surface area contributed by atoms with Crippen LogP contribution >= 0.6 is 11.6 Å².